The lowest BCUT2D eigenvalue weighted by Crippen LogP contribution is -2.54. The first-order valence-corrected chi connectivity index (χ1v) is 5.63. The van der Waals surface area contributed by atoms with Crippen molar-refractivity contribution < 1.29 is 4.84 Å². The Bertz CT molecular complexity index is 457. The summed E-state index contributed by atoms with van der Waals surface area (Å²) in [6, 6.07) is 8.49. The molecule has 0 fully saturated rings. The molecule has 2 aliphatic rings. The molecule has 84 valence electrons. The maximum absolute atomic E-state index is 5.71. The van der Waals surface area contributed by atoms with Crippen molar-refractivity contribution in [2.45, 2.75) is 31.4 Å². The number of rotatable bonds is 0. The molecule has 0 amide bonds. The van der Waals surface area contributed by atoms with Gasteiger partial charge in [0.25, 0.3) is 0 Å². The van der Waals surface area contributed by atoms with Gasteiger partial charge in [0.05, 0.1) is 5.41 Å². The summed E-state index contributed by atoms with van der Waals surface area (Å²) < 4.78 is 0. The van der Waals surface area contributed by atoms with Gasteiger partial charge in [0.15, 0.2) is 0 Å². The van der Waals surface area contributed by atoms with Crippen LogP contribution in [0.1, 0.15) is 25.8 Å². The van der Waals surface area contributed by atoms with Crippen molar-refractivity contribution in [3.8, 4) is 0 Å². The molecule has 3 rings (SSSR count). The lowest BCUT2D eigenvalue weighted by Gasteiger charge is -2.40. The van der Waals surface area contributed by atoms with Gasteiger partial charge in [-0.25, -0.2) is 0 Å². The van der Waals surface area contributed by atoms with E-state index in [9.17, 15) is 0 Å². The smallest absolute Gasteiger partial charge is 0.224 e. The lowest BCUT2D eigenvalue weighted by molar-refractivity contribution is -0.0591. The molecular formula is C13H16N2O. The number of nitrogens with zero attached hydrogens (tertiary/aromatic N) is 2. The zero-order chi connectivity index (χ0) is 11.4. The Labute approximate surface area is 95.7 Å². The molecule has 0 saturated carbocycles. The minimum absolute atomic E-state index is 0.0468. The number of hydrogen-bond acceptors (Lipinski definition) is 3. The van der Waals surface area contributed by atoms with E-state index in [1.165, 1.54) is 11.3 Å². The molecule has 2 aliphatic heterocycles. The summed E-state index contributed by atoms with van der Waals surface area (Å²) in [7, 11) is 2.09. The highest BCUT2D eigenvalue weighted by atomic mass is 16.7. The van der Waals surface area contributed by atoms with Crippen molar-refractivity contribution in [1.29, 1.82) is 0 Å². The van der Waals surface area contributed by atoms with Crippen LogP contribution in [0.25, 0.3) is 0 Å². The number of benzene rings is 1. The van der Waals surface area contributed by atoms with Crippen molar-refractivity contribution in [3.63, 3.8) is 0 Å². The molecule has 1 atom stereocenters. The molecule has 16 heavy (non-hydrogen) atoms. The van der Waals surface area contributed by atoms with Gasteiger partial charge in [0.1, 0.15) is 0 Å². The summed E-state index contributed by atoms with van der Waals surface area (Å²) >= 11 is 0. The third-order valence-corrected chi connectivity index (χ3v) is 4.10. The molecule has 1 aromatic carbocycles. The van der Waals surface area contributed by atoms with Crippen molar-refractivity contribution in [2.24, 2.45) is 5.16 Å². The Balaban J connectivity index is 2.21. The minimum atomic E-state index is -0.337. The van der Waals surface area contributed by atoms with Crippen LogP contribution in [0.5, 0.6) is 0 Å². The zero-order valence-corrected chi connectivity index (χ0v) is 9.90. The molecule has 0 bridgehead atoms. The fourth-order valence-corrected chi connectivity index (χ4v) is 3.01. The fraction of sp³-hybridized carbons (Fsp3) is 0.462. The van der Waals surface area contributed by atoms with Gasteiger partial charge in [0.2, 0.25) is 5.72 Å². The van der Waals surface area contributed by atoms with E-state index in [2.05, 4.69) is 55.2 Å². The summed E-state index contributed by atoms with van der Waals surface area (Å²) in [5.41, 5.74) is 2.20. The van der Waals surface area contributed by atoms with Crippen molar-refractivity contribution in [3.05, 3.63) is 29.8 Å². The second-order valence-electron chi connectivity index (χ2n) is 5.07. The average molecular weight is 216 g/mol. The number of likely N-dealkylation sites (N-methyl/N-ethyl adjacent to an activating group) is 1. The molecule has 0 radical (unpaired) electrons. The van der Waals surface area contributed by atoms with Crippen molar-refractivity contribution in [1.82, 2.24) is 0 Å². The molecule has 0 saturated heterocycles. The Morgan fingerprint density at radius 3 is 2.69 bits per heavy atom. The Morgan fingerprint density at radius 1 is 1.31 bits per heavy atom. The standard InChI is InChI=1S/C13H16N2O/c1-12(2)10-6-4-5-7-11(10)15(3)13(12)8-9-14-16-13/h4-7,9H,8H2,1-3H3. The van der Waals surface area contributed by atoms with Crippen LogP contribution < -0.4 is 4.90 Å². The summed E-state index contributed by atoms with van der Waals surface area (Å²) in [6.07, 6.45) is 2.70. The van der Waals surface area contributed by atoms with Gasteiger partial charge in [-0.05, 0) is 25.5 Å². The highest BCUT2D eigenvalue weighted by Gasteiger charge is 2.59. The van der Waals surface area contributed by atoms with E-state index in [4.69, 9.17) is 4.84 Å². The Morgan fingerprint density at radius 2 is 2.06 bits per heavy atom. The molecule has 0 aliphatic carbocycles. The number of oxime groups is 1. The number of para-hydroxylation sites is 1. The zero-order valence-electron chi connectivity index (χ0n) is 9.90. The molecule has 3 heteroatoms. The summed E-state index contributed by atoms with van der Waals surface area (Å²) in [5.74, 6) is 0. The predicted molar refractivity (Wildman–Crippen MR) is 64.8 cm³/mol. The topological polar surface area (TPSA) is 24.8 Å². The first-order chi connectivity index (χ1) is 7.59. The van der Waals surface area contributed by atoms with E-state index in [0.29, 0.717) is 0 Å². The van der Waals surface area contributed by atoms with Crippen LogP contribution in [0.2, 0.25) is 0 Å². The van der Waals surface area contributed by atoms with Crippen LogP contribution >= 0.6 is 0 Å². The van der Waals surface area contributed by atoms with Gasteiger partial charge < -0.3 is 9.74 Å². The Hall–Kier alpha value is -1.51. The predicted octanol–water partition coefficient (Wildman–Crippen LogP) is 2.52. The van der Waals surface area contributed by atoms with Gasteiger partial charge in [-0.1, -0.05) is 23.4 Å². The van der Waals surface area contributed by atoms with E-state index >= 15 is 0 Å². The largest absolute Gasteiger partial charge is 0.366 e. The van der Waals surface area contributed by atoms with Crippen molar-refractivity contribution >= 4 is 11.9 Å². The average Bonchev–Trinajstić information content (AvgIpc) is 2.83. The van der Waals surface area contributed by atoms with Crippen LogP contribution in [0.4, 0.5) is 5.69 Å². The van der Waals surface area contributed by atoms with Crippen molar-refractivity contribution in [2.75, 3.05) is 11.9 Å². The highest BCUT2D eigenvalue weighted by Crippen LogP contribution is 2.53. The van der Waals surface area contributed by atoms with Gasteiger partial charge >= 0.3 is 0 Å². The summed E-state index contributed by atoms with van der Waals surface area (Å²) in [4.78, 5) is 7.92. The second kappa shape index (κ2) is 2.78. The quantitative estimate of drug-likeness (QED) is 0.665. The maximum atomic E-state index is 5.71. The summed E-state index contributed by atoms with van der Waals surface area (Å²) in [5, 5.41) is 3.98. The third-order valence-electron chi connectivity index (χ3n) is 4.10. The fourth-order valence-electron chi connectivity index (χ4n) is 3.01. The number of hydrogen-bond donors (Lipinski definition) is 0. The van der Waals surface area contributed by atoms with E-state index in [1.54, 1.807) is 0 Å². The van der Waals surface area contributed by atoms with Gasteiger partial charge in [0, 0.05) is 25.4 Å². The van der Waals surface area contributed by atoms with E-state index in [-0.39, 0.29) is 11.1 Å². The molecule has 0 N–H and O–H groups in total. The molecule has 1 aromatic rings. The minimum Gasteiger partial charge on any atom is -0.366 e. The van der Waals surface area contributed by atoms with Crippen LogP contribution in [0.15, 0.2) is 29.4 Å². The van der Waals surface area contributed by atoms with E-state index in [0.717, 1.165) is 6.42 Å². The first-order valence-electron chi connectivity index (χ1n) is 5.63. The SMILES string of the molecule is CN1c2ccccc2C(C)(C)C12CC=NO2. The monoisotopic (exact) mass is 216 g/mol. The molecule has 0 aromatic heterocycles. The third kappa shape index (κ3) is 0.872. The van der Waals surface area contributed by atoms with Crippen LogP contribution in [0.3, 0.4) is 0 Å². The highest BCUT2D eigenvalue weighted by molar-refractivity contribution is 5.71. The van der Waals surface area contributed by atoms with E-state index in [1.807, 2.05) is 6.21 Å². The maximum Gasteiger partial charge on any atom is 0.224 e. The molecule has 2 heterocycles. The van der Waals surface area contributed by atoms with Gasteiger partial charge in [-0.2, -0.15) is 0 Å². The van der Waals surface area contributed by atoms with Crippen LogP contribution in [-0.2, 0) is 10.3 Å². The molecular weight excluding hydrogens is 200 g/mol. The summed E-state index contributed by atoms with van der Waals surface area (Å²) in [6.45, 7) is 4.45. The molecule has 3 nitrogen and oxygen atoms in total. The first kappa shape index (κ1) is 9.70. The lowest BCUT2D eigenvalue weighted by atomic mass is 9.76. The molecule has 1 spiro atoms. The van der Waals surface area contributed by atoms with Gasteiger partial charge in [-0.15, -0.1) is 0 Å². The normalized spacial score (nSPS) is 29.6. The van der Waals surface area contributed by atoms with E-state index < -0.39 is 0 Å². The Kier molecular flexibility index (Phi) is 1.69. The number of anilines is 1. The second-order valence-corrected chi connectivity index (χ2v) is 5.07. The van der Waals surface area contributed by atoms with Gasteiger partial charge in [-0.3, -0.25) is 0 Å². The van der Waals surface area contributed by atoms with Crippen LogP contribution in [-0.4, -0.2) is 19.0 Å². The molecule has 1 unspecified atom stereocenters. The number of fused-ring (bicyclic) bond motifs is 1. The van der Waals surface area contributed by atoms with Crippen LogP contribution in [0, 0.1) is 0 Å².